The van der Waals surface area contributed by atoms with Gasteiger partial charge in [0.25, 0.3) is 0 Å². The Morgan fingerprint density at radius 1 is 1.24 bits per heavy atom. The van der Waals surface area contributed by atoms with E-state index in [2.05, 4.69) is 10.6 Å². The molecule has 0 aromatic heterocycles. The molecule has 0 aliphatic carbocycles. The lowest BCUT2D eigenvalue weighted by Gasteiger charge is -2.24. The first kappa shape index (κ1) is 16.7. The Labute approximate surface area is 125 Å². The van der Waals surface area contributed by atoms with Crippen LogP contribution in [0.15, 0.2) is 24.3 Å². The highest BCUT2D eigenvalue weighted by molar-refractivity contribution is 6.09. The molecule has 0 fully saturated rings. The zero-order chi connectivity index (χ0) is 16.0. The van der Waals surface area contributed by atoms with E-state index in [1.165, 1.54) is 0 Å². The van der Waals surface area contributed by atoms with E-state index >= 15 is 0 Å². The summed E-state index contributed by atoms with van der Waals surface area (Å²) in [6, 6.07) is 8.54. The summed E-state index contributed by atoms with van der Waals surface area (Å²) in [6.45, 7) is 7.04. The summed E-state index contributed by atoms with van der Waals surface area (Å²) in [5, 5.41) is 14.2. The van der Waals surface area contributed by atoms with Crippen LogP contribution in [0.25, 0.3) is 0 Å². The molecule has 2 amide bonds. The van der Waals surface area contributed by atoms with Gasteiger partial charge >= 0.3 is 0 Å². The van der Waals surface area contributed by atoms with Gasteiger partial charge in [-0.2, -0.15) is 5.26 Å². The van der Waals surface area contributed by atoms with Crippen LogP contribution in [-0.2, 0) is 9.59 Å². The van der Waals surface area contributed by atoms with E-state index in [0.717, 1.165) is 6.42 Å². The Hall–Kier alpha value is -2.35. The van der Waals surface area contributed by atoms with Gasteiger partial charge in [-0.1, -0.05) is 6.92 Å². The van der Waals surface area contributed by atoms with Crippen molar-refractivity contribution in [1.82, 2.24) is 5.32 Å². The van der Waals surface area contributed by atoms with E-state index in [4.69, 9.17) is 5.26 Å². The number of hydrogen-bond acceptors (Lipinski definition) is 3. The van der Waals surface area contributed by atoms with Crippen molar-refractivity contribution in [2.24, 2.45) is 5.41 Å². The lowest BCUT2D eigenvalue weighted by Crippen LogP contribution is -2.47. The number of rotatable bonds is 5. The molecular weight excluding hydrogens is 266 g/mol. The number of nitriles is 1. The molecule has 5 nitrogen and oxygen atoms in total. The van der Waals surface area contributed by atoms with Gasteiger partial charge in [0, 0.05) is 11.7 Å². The first-order chi connectivity index (χ1) is 9.81. The number of carbonyl (C=O) groups excluding carboxylic acids is 2. The molecule has 1 rings (SSSR count). The van der Waals surface area contributed by atoms with Crippen molar-refractivity contribution in [3.05, 3.63) is 29.8 Å². The zero-order valence-electron chi connectivity index (χ0n) is 12.9. The molecule has 0 saturated heterocycles. The van der Waals surface area contributed by atoms with E-state index in [1.54, 1.807) is 38.1 Å². The Kier molecular flexibility index (Phi) is 5.48. The van der Waals surface area contributed by atoms with Gasteiger partial charge in [-0.25, -0.2) is 0 Å². The van der Waals surface area contributed by atoms with Crippen molar-refractivity contribution in [3.63, 3.8) is 0 Å². The van der Waals surface area contributed by atoms with Crippen LogP contribution in [0.4, 0.5) is 5.69 Å². The van der Waals surface area contributed by atoms with Crippen LogP contribution in [0, 0.1) is 16.7 Å². The molecule has 0 radical (unpaired) electrons. The maximum absolute atomic E-state index is 12.3. The van der Waals surface area contributed by atoms with Gasteiger partial charge in [-0.3, -0.25) is 9.59 Å². The monoisotopic (exact) mass is 287 g/mol. The molecule has 0 saturated carbocycles. The van der Waals surface area contributed by atoms with Crippen molar-refractivity contribution in [2.75, 3.05) is 5.32 Å². The van der Waals surface area contributed by atoms with Crippen LogP contribution in [-0.4, -0.2) is 17.9 Å². The topological polar surface area (TPSA) is 82.0 Å². The van der Waals surface area contributed by atoms with Crippen LogP contribution in [0.3, 0.4) is 0 Å². The zero-order valence-corrected chi connectivity index (χ0v) is 12.9. The molecule has 0 aliphatic heterocycles. The van der Waals surface area contributed by atoms with Crippen LogP contribution >= 0.6 is 0 Å². The van der Waals surface area contributed by atoms with E-state index < -0.39 is 5.41 Å². The predicted molar refractivity (Wildman–Crippen MR) is 81.5 cm³/mol. The average Bonchev–Trinajstić information content (AvgIpc) is 2.47. The molecule has 0 bridgehead atoms. The molecule has 5 heteroatoms. The van der Waals surface area contributed by atoms with Gasteiger partial charge in [0.2, 0.25) is 11.8 Å². The second-order valence-corrected chi connectivity index (χ2v) is 5.55. The van der Waals surface area contributed by atoms with Crippen molar-refractivity contribution in [3.8, 4) is 6.07 Å². The van der Waals surface area contributed by atoms with E-state index in [-0.39, 0.29) is 17.9 Å². The second-order valence-electron chi connectivity index (χ2n) is 5.55. The first-order valence-corrected chi connectivity index (χ1v) is 6.93. The van der Waals surface area contributed by atoms with Gasteiger partial charge in [-0.15, -0.1) is 0 Å². The molecule has 0 spiro atoms. The number of amides is 2. The summed E-state index contributed by atoms with van der Waals surface area (Å²) in [7, 11) is 0. The summed E-state index contributed by atoms with van der Waals surface area (Å²) in [4.78, 5) is 24.4. The minimum atomic E-state index is -1.17. The maximum atomic E-state index is 12.3. The first-order valence-electron chi connectivity index (χ1n) is 6.93. The summed E-state index contributed by atoms with van der Waals surface area (Å²) in [5.74, 6) is -0.684. The Balaban J connectivity index is 2.76. The van der Waals surface area contributed by atoms with E-state index in [0.29, 0.717) is 11.3 Å². The molecule has 1 unspecified atom stereocenters. The third-order valence-corrected chi connectivity index (χ3v) is 3.40. The smallest absolute Gasteiger partial charge is 0.239 e. The third-order valence-electron chi connectivity index (χ3n) is 3.40. The molecule has 112 valence electrons. The molecule has 0 heterocycles. The van der Waals surface area contributed by atoms with Crippen LogP contribution < -0.4 is 10.6 Å². The third kappa shape index (κ3) is 4.32. The van der Waals surface area contributed by atoms with Crippen molar-refractivity contribution < 1.29 is 9.59 Å². The number of hydrogen-bond donors (Lipinski definition) is 2. The summed E-state index contributed by atoms with van der Waals surface area (Å²) < 4.78 is 0. The van der Waals surface area contributed by atoms with Gasteiger partial charge in [0.15, 0.2) is 0 Å². The molecule has 21 heavy (non-hydrogen) atoms. The fourth-order valence-corrected chi connectivity index (χ4v) is 1.52. The lowest BCUT2D eigenvalue weighted by molar-refractivity contribution is -0.138. The summed E-state index contributed by atoms with van der Waals surface area (Å²) >= 11 is 0. The Bertz CT molecular complexity index is 556. The van der Waals surface area contributed by atoms with Crippen molar-refractivity contribution >= 4 is 17.5 Å². The second kappa shape index (κ2) is 6.89. The number of benzene rings is 1. The van der Waals surface area contributed by atoms with Crippen molar-refractivity contribution in [2.45, 2.75) is 40.2 Å². The minimum Gasteiger partial charge on any atom is -0.353 e. The quantitative estimate of drug-likeness (QED) is 0.816. The molecule has 1 aromatic rings. The van der Waals surface area contributed by atoms with Gasteiger partial charge < -0.3 is 10.6 Å². The number of nitrogens with one attached hydrogen (secondary N) is 2. The summed E-state index contributed by atoms with van der Waals surface area (Å²) in [5.41, 5.74) is -0.0951. The normalized spacial score (nSPS) is 12.1. The fraction of sp³-hybridized carbons (Fsp3) is 0.438. The predicted octanol–water partition coefficient (Wildman–Crippen LogP) is 2.44. The lowest BCUT2D eigenvalue weighted by atomic mass is 9.90. The highest BCUT2D eigenvalue weighted by atomic mass is 16.2. The standard InChI is InChI=1S/C16H21N3O2/c1-5-11(2)18-14(20)16(3,4)15(21)19-13-8-6-12(10-17)7-9-13/h6-9,11H,5H2,1-4H3,(H,18,20)(H,19,21). The number of nitrogens with zero attached hydrogens (tertiary/aromatic N) is 1. The van der Waals surface area contributed by atoms with Crippen LogP contribution in [0.1, 0.15) is 39.7 Å². The fourth-order valence-electron chi connectivity index (χ4n) is 1.52. The Morgan fingerprint density at radius 2 is 1.81 bits per heavy atom. The van der Waals surface area contributed by atoms with Crippen LogP contribution in [0.2, 0.25) is 0 Å². The molecule has 1 atom stereocenters. The molecule has 0 aliphatic rings. The number of anilines is 1. The average molecular weight is 287 g/mol. The highest BCUT2D eigenvalue weighted by Crippen LogP contribution is 2.19. The van der Waals surface area contributed by atoms with E-state index in [1.807, 2.05) is 19.9 Å². The maximum Gasteiger partial charge on any atom is 0.239 e. The highest BCUT2D eigenvalue weighted by Gasteiger charge is 2.36. The largest absolute Gasteiger partial charge is 0.353 e. The van der Waals surface area contributed by atoms with Gasteiger partial charge in [-0.05, 0) is 51.5 Å². The Morgan fingerprint density at radius 3 is 2.29 bits per heavy atom. The summed E-state index contributed by atoms with van der Waals surface area (Å²) in [6.07, 6.45) is 0.805. The molecular formula is C16H21N3O2. The van der Waals surface area contributed by atoms with Gasteiger partial charge in [0.1, 0.15) is 5.41 Å². The van der Waals surface area contributed by atoms with Crippen LogP contribution in [0.5, 0.6) is 0 Å². The molecule has 1 aromatic carbocycles. The minimum absolute atomic E-state index is 0.0273. The number of carbonyl (C=O) groups is 2. The van der Waals surface area contributed by atoms with E-state index in [9.17, 15) is 9.59 Å². The van der Waals surface area contributed by atoms with Gasteiger partial charge in [0.05, 0.1) is 11.6 Å². The SMILES string of the molecule is CCC(C)NC(=O)C(C)(C)C(=O)Nc1ccc(C#N)cc1. The van der Waals surface area contributed by atoms with Crippen molar-refractivity contribution in [1.29, 1.82) is 5.26 Å². The molecule has 2 N–H and O–H groups in total.